The van der Waals surface area contributed by atoms with Gasteiger partial charge in [-0.1, -0.05) is 35.0 Å². The van der Waals surface area contributed by atoms with E-state index >= 15 is 0 Å². The molecular formula is C17H15ClN2O2S. The molecule has 0 saturated heterocycles. The van der Waals surface area contributed by atoms with Crippen molar-refractivity contribution in [2.45, 2.75) is 25.3 Å². The molecule has 3 aromatic rings. The lowest BCUT2D eigenvalue weighted by atomic mass is 10.2. The summed E-state index contributed by atoms with van der Waals surface area (Å²) in [7, 11) is 1.75. The third-order valence-corrected chi connectivity index (χ3v) is 5.76. The van der Waals surface area contributed by atoms with Crippen LogP contribution in [0.2, 0.25) is 5.02 Å². The number of thiophene rings is 1. The smallest absolute Gasteiger partial charge is 0.292 e. The average Bonchev–Trinajstić information content (AvgIpc) is 3.21. The minimum Gasteiger partial charge on any atom is -0.351 e. The minimum absolute atomic E-state index is 0.169. The molecule has 0 atom stereocenters. The highest BCUT2D eigenvalue weighted by Crippen LogP contribution is 2.39. The van der Waals surface area contributed by atoms with Crippen molar-refractivity contribution in [2.24, 2.45) is 0 Å². The lowest BCUT2D eigenvalue weighted by Crippen LogP contribution is -2.25. The van der Waals surface area contributed by atoms with Gasteiger partial charge in [-0.3, -0.25) is 4.79 Å². The Morgan fingerprint density at radius 2 is 2.22 bits per heavy atom. The van der Waals surface area contributed by atoms with Crippen LogP contribution in [0.1, 0.15) is 39.9 Å². The molecule has 0 bridgehead atoms. The van der Waals surface area contributed by atoms with Gasteiger partial charge in [-0.2, -0.15) is 0 Å². The molecule has 6 heteroatoms. The van der Waals surface area contributed by atoms with Crippen LogP contribution in [0.3, 0.4) is 0 Å². The molecule has 1 fully saturated rings. The molecule has 1 amide bonds. The van der Waals surface area contributed by atoms with E-state index in [1.54, 1.807) is 29.4 Å². The second-order valence-electron chi connectivity index (χ2n) is 5.89. The number of rotatable bonds is 4. The summed E-state index contributed by atoms with van der Waals surface area (Å²) in [6, 6.07) is 9.76. The highest BCUT2D eigenvalue weighted by atomic mass is 35.5. The van der Waals surface area contributed by atoms with Crippen LogP contribution in [0.25, 0.3) is 10.1 Å². The van der Waals surface area contributed by atoms with Crippen LogP contribution in [0.15, 0.2) is 34.9 Å². The number of benzene rings is 1. The zero-order chi connectivity index (χ0) is 16.0. The summed E-state index contributed by atoms with van der Waals surface area (Å²) in [4.78, 5) is 15.1. The molecular weight excluding hydrogens is 332 g/mol. The Kier molecular flexibility index (Phi) is 3.62. The zero-order valence-electron chi connectivity index (χ0n) is 12.6. The molecule has 4 nitrogen and oxygen atoms in total. The minimum atomic E-state index is -0.169. The van der Waals surface area contributed by atoms with E-state index < -0.39 is 0 Å². The topological polar surface area (TPSA) is 46.3 Å². The second kappa shape index (κ2) is 5.65. The van der Waals surface area contributed by atoms with Crippen LogP contribution >= 0.6 is 22.9 Å². The van der Waals surface area contributed by atoms with Gasteiger partial charge in [0.1, 0.15) is 0 Å². The Balaban J connectivity index is 1.54. The Hall–Kier alpha value is -1.85. The standard InChI is InChI=1S/C17H15ClN2O2S/c1-20(17(21)13-8-12(19-22-13)10-6-7-10)9-15-16(18)11-4-2-3-5-14(11)23-15/h2-5,8,10H,6-7,9H2,1H3. The largest absolute Gasteiger partial charge is 0.351 e. The fourth-order valence-electron chi connectivity index (χ4n) is 2.60. The maximum atomic E-state index is 12.5. The summed E-state index contributed by atoms with van der Waals surface area (Å²) in [6.07, 6.45) is 2.26. The highest BCUT2D eigenvalue weighted by Gasteiger charge is 2.29. The number of hydrogen-bond acceptors (Lipinski definition) is 4. The molecule has 4 rings (SSSR count). The van der Waals surface area contributed by atoms with E-state index in [-0.39, 0.29) is 5.91 Å². The van der Waals surface area contributed by atoms with Crippen LogP contribution in [-0.4, -0.2) is 23.0 Å². The maximum absolute atomic E-state index is 12.5. The molecule has 23 heavy (non-hydrogen) atoms. The predicted molar refractivity (Wildman–Crippen MR) is 91.1 cm³/mol. The number of carbonyl (C=O) groups is 1. The summed E-state index contributed by atoms with van der Waals surface area (Å²) in [6.45, 7) is 0.455. The summed E-state index contributed by atoms with van der Waals surface area (Å²) < 4.78 is 6.33. The second-order valence-corrected chi connectivity index (χ2v) is 7.40. The number of nitrogens with zero attached hydrogens (tertiary/aromatic N) is 2. The van der Waals surface area contributed by atoms with E-state index in [0.717, 1.165) is 38.5 Å². The van der Waals surface area contributed by atoms with Crippen molar-refractivity contribution in [1.82, 2.24) is 10.1 Å². The third-order valence-electron chi connectivity index (χ3n) is 4.06. The van der Waals surface area contributed by atoms with Crippen LogP contribution in [0.4, 0.5) is 0 Å². The normalized spacial score (nSPS) is 14.3. The van der Waals surface area contributed by atoms with E-state index in [1.807, 2.05) is 24.3 Å². The number of hydrogen-bond donors (Lipinski definition) is 0. The first kappa shape index (κ1) is 14.7. The van der Waals surface area contributed by atoms with Gasteiger partial charge in [0.05, 0.1) is 17.3 Å². The molecule has 0 spiro atoms. The molecule has 0 radical (unpaired) electrons. The van der Waals surface area contributed by atoms with Crippen LogP contribution < -0.4 is 0 Å². The molecule has 2 aromatic heterocycles. The molecule has 0 N–H and O–H groups in total. The van der Waals surface area contributed by atoms with Crippen molar-refractivity contribution in [3.05, 3.63) is 51.7 Å². The van der Waals surface area contributed by atoms with Gasteiger partial charge in [0, 0.05) is 34.0 Å². The number of fused-ring (bicyclic) bond motifs is 1. The lowest BCUT2D eigenvalue weighted by Gasteiger charge is -2.14. The van der Waals surface area contributed by atoms with Gasteiger partial charge in [0.2, 0.25) is 5.76 Å². The van der Waals surface area contributed by atoms with Crippen LogP contribution in [-0.2, 0) is 6.54 Å². The van der Waals surface area contributed by atoms with Crippen molar-refractivity contribution < 1.29 is 9.32 Å². The van der Waals surface area contributed by atoms with Crippen molar-refractivity contribution in [1.29, 1.82) is 0 Å². The lowest BCUT2D eigenvalue weighted by molar-refractivity contribution is 0.0745. The highest BCUT2D eigenvalue weighted by molar-refractivity contribution is 7.19. The van der Waals surface area contributed by atoms with Gasteiger partial charge in [-0.05, 0) is 18.9 Å². The Morgan fingerprint density at radius 1 is 1.43 bits per heavy atom. The van der Waals surface area contributed by atoms with E-state index in [9.17, 15) is 4.79 Å². The summed E-state index contributed by atoms with van der Waals surface area (Å²) in [5.41, 5.74) is 0.890. The Bertz CT molecular complexity index is 882. The number of halogens is 1. The van der Waals surface area contributed by atoms with Gasteiger partial charge in [-0.15, -0.1) is 11.3 Å². The van der Waals surface area contributed by atoms with E-state index in [1.165, 1.54) is 0 Å². The van der Waals surface area contributed by atoms with Crippen molar-refractivity contribution in [3.8, 4) is 0 Å². The number of amides is 1. The summed E-state index contributed by atoms with van der Waals surface area (Å²) in [5.74, 6) is 0.604. The Morgan fingerprint density at radius 3 is 2.96 bits per heavy atom. The van der Waals surface area contributed by atoms with Crippen LogP contribution in [0.5, 0.6) is 0 Å². The fourth-order valence-corrected chi connectivity index (χ4v) is 4.15. The first-order chi connectivity index (χ1) is 11.1. The zero-order valence-corrected chi connectivity index (χ0v) is 14.2. The van der Waals surface area contributed by atoms with Crippen LogP contribution in [0, 0.1) is 0 Å². The number of carbonyl (C=O) groups excluding carboxylic acids is 1. The monoisotopic (exact) mass is 346 g/mol. The molecule has 1 aliphatic rings. The predicted octanol–water partition coefficient (Wildman–Crippen LogP) is 4.69. The maximum Gasteiger partial charge on any atom is 0.292 e. The van der Waals surface area contributed by atoms with Crippen molar-refractivity contribution >= 4 is 38.9 Å². The quantitative estimate of drug-likeness (QED) is 0.688. The molecule has 0 aliphatic heterocycles. The van der Waals surface area contributed by atoms with E-state index in [2.05, 4.69) is 5.16 Å². The molecule has 1 aliphatic carbocycles. The van der Waals surface area contributed by atoms with E-state index in [0.29, 0.717) is 18.2 Å². The summed E-state index contributed by atoms with van der Waals surface area (Å²) in [5, 5.41) is 5.75. The van der Waals surface area contributed by atoms with Crippen molar-refractivity contribution in [3.63, 3.8) is 0 Å². The van der Waals surface area contributed by atoms with Gasteiger partial charge >= 0.3 is 0 Å². The van der Waals surface area contributed by atoms with Gasteiger partial charge in [0.25, 0.3) is 5.91 Å². The average molecular weight is 347 g/mol. The third kappa shape index (κ3) is 2.75. The van der Waals surface area contributed by atoms with Gasteiger partial charge in [-0.25, -0.2) is 0 Å². The first-order valence-electron chi connectivity index (χ1n) is 7.51. The first-order valence-corrected chi connectivity index (χ1v) is 8.71. The van der Waals surface area contributed by atoms with Crippen molar-refractivity contribution in [2.75, 3.05) is 7.05 Å². The Labute approximate surface area is 142 Å². The van der Waals surface area contributed by atoms with Gasteiger partial charge < -0.3 is 9.42 Å². The van der Waals surface area contributed by atoms with E-state index in [4.69, 9.17) is 16.1 Å². The molecule has 2 heterocycles. The van der Waals surface area contributed by atoms with Gasteiger partial charge in [0.15, 0.2) is 0 Å². The number of aromatic nitrogens is 1. The molecule has 0 unspecified atom stereocenters. The molecule has 118 valence electrons. The SMILES string of the molecule is CN(Cc1sc2ccccc2c1Cl)C(=O)c1cc(C2CC2)no1. The molecule has 1 aromatic carbocycles. The molecule has 1 saturated carbocycles. The summed E-state index contributed by atoms with van der Waals surface area (Å²) >= 11 is 8.06. The fraction of sp³-hybridized carbons (Fsp3) is 0.294.